The molecular formula is C16H25N3O3. The number of benzene rings is 1. The van der Waals surface area contributed by atoms with Crippen LogP contribution in [0.4, 0.5) is 0 Å². The lowest BCUT2D eigenvalue weighted by molar-refractivity contribution is 0.0951. The van der Waals surface area contributed by atoms with Crippen LogP contribution in [0.25, 0.3) is 0 Å². The van der Waals surface area contributed by atoms with Crippen molar-refractivity contribution in [3.05, 3.63) is 23.8 Å². The highest BCUT2D eigenvalue weighted by Gasteiger charge is 2.11. The molecule has 0 spiro atoms. The summed E-state index contributed by atoms with van der Waals surface area (Å²) in [4.78, 5) is 14.5. The number of carbonyl (C=O) groups is 1. The van der Waals surface area contributed by atoms with Gasteiger partial charge in [0, 0.05) is 38.3 Å². The molecule has 1 heterocycles. The lowest BCUT2D eigenvalue weighted by Crippen LogP contribution is -2.44. The average molecular weight is 307 g/mol. The van der Waals surface area contributed by atoms with Crippen LogP contribution in [0.2, 0.25) is 0 Å². The van der Waals surface area contributed by atoms with E-state index in [9.17, 15) is 4.79 Å². The quantitative estimate of drug-likeness (QED) is 0.727. The predicted molar refractivity (Wildman–Crippen MR) is 85.8 cm³/mol. The normalized spacial score (nSPS) is 15.4. The molecule has 0 bridgehead atoms. The second kappa shape index (κ2) is 8.60. The molecule has 1 amide bonds. The van der Waals surface area contributed by atoms with Gasteiger partial charge in [-0.25, -0.2) is 0 Å². The van der Waals surface area contributed by atoms with Crippen LogP contribution in [0.15, 0.2) is 18.2 Å². The molecule has 2 N–H and O–H groups in total. The molecule has 122 valence electrons. The third-order valence-electron chi connectivity index (χ3n) is 3.79. The first kappa shape index (κ1) is 16.6. The van der Waals surface area contributed by atoms with Crippen molar-refractivity contribution in [2.24, 2.45) is 0 Å². The molecular weight excluding hydrogens is 282 g/mol. The highest BCUT2D eigenvalue weighted by Crippen LogP contribution is 2.27. The van der Waals surface area contributed by atoms with Gasteiger partial charge in [0.1, 0.15) is 0 Å². The number of carbonyl (C=O) groups excluding carboxylic acids is 1. The summed E-state index contributed by atoms with van der Waals surface area (Å²) < 4.78 is 10.4. The maximum Gasteiger partial charge on any atom is 0.251 e. The molecule has 22 heavy (non-hydrogen) atoms. The highest BCUT2D eigenvalue weighted by molar-refractivity contribution is 5.94. The molecule has 0 radical (unpaired) electrons. The second-order valence-electron chi connectivity index (χ2n) is 5.27. The Morgan fingerprint density at radius 1 is 1.23 bits per heavy atom. The third-order valence-corrected chi connectivity index (χ3v) is 3.79. The molecule has 1 fully saturated rings. The Morgan fingerprint density at radius 3 is 2.64 bits per heavy atom. The van der Waals surface area contributed by atoms with Gasteiger partial charge in [0.2, 0.25) is 0 Å². The van der Waals surface area contributed by atoms with Crippen LogP contribution in [-0.4, -0.2) is 64.3 Å². The number of hydrogen-bond donors (Lipinski definition) is 2. The van der Waals surface area contributed by atoms with Gasteiger partial charge in [0.25, 0.3) is 5.91 Å². The Labute approximate surface area is 131 Å². The first-order valence-corrected chi connectivity index (χ1v) is 7.68. The number of piperazine rings is 1. The molecule has 1 aliphatic heterocycles. The summed E-state index contributed by atoms with van der Waals surface area (Å²) >= 11 is 0. The van der Waals surface area contributed by atoms with Crippen LogP contribution in [0.1, 0.15) is 16.8 Å². The van der Waals surface area contributed by atoms with E-state index in [1.165, 1.54) is 0 Å². The Kier molecular flexibility index (Phi) is 6.48. The van der Waals surface area contributed by atoms with Gasteiger partial charge in [-0.1, -0.05) is 0 Å². The summed E-state index contributed by atoms with van der Waals surface area (Å²) in [6.07, 6.45) is 0.957. The highest BCUT2D eigenvalue weighted by atomic mass is 16.5. The van der Waals surface area contributed by atoms with Crippen molar-refractivity contribution in [2.75, 3.05) is 53.5 Å². The largest absolute Gasteiger partial charge is 0.493 e. The predicted octanol–water partition coefficient (Wildman–Crippen LogP) is 0.729. The Morgan fingerprint density at radius 2 is 1.95 bits per heavy atom. The maximum absolute atomic E-state index is 12.1. The number of hydrogen-bond acceptors (Lipinski definition) is 5. The van der Waals surface area contributed by atoms with Crippen LogP contribution in [0, 0.1) is 0 Å². The van der Waals surface area contributed by atoms with Crippen molar-refractivity contribution >= 4 is 5.91 Å². The lowest BCUT2D eigenvalue weighted by Gasteiger charge is -2.27. The van der Waals surface area contributed by atoms with Crippen LogP contribution < -0.4 is 20.1 Å². The summed E-state index contributed by atoms with van der Waals surface area (Å²) in [6, 6.07) is 5.19. The molecule has 0 unspecified atom stereocenters. The van der Waals surface area contributed by atoms with Crippen molar-refractivity contribution in [3.8, 4) is 11.5 Å². The molecule has 0 atom stereocenters. The zero-order valence-electron chi connectivity index (χ0n) is 13.4. The fourth-order valence-corrected chi connectivity index (χ4v) is 2.52. The fraction of sp³-hybridized carbons (Fsp3) is 0.562. The minimum atomic E-state index is -0.0822. The van der Waals surface area contributed by atoms with E-state index in [-0.39, 0.29) is 5.91 Å². The molecule has 1 aromatic carbocycles. The van der Waals surface area contributed by atoms with E-state index in [2.05, 4.69) is 15.5 Å². The van der Waals surface area contributed by atoms with Gasteiger partial charge in [-0.15, -0.1) is 0 Å². The number of ether oxygens (including phenoxy) is 2. The minimum Gasteiger partial charge on any atom is -0.493 e. The SMILES string of the molecule is COc1ccc(C(=O)NCCCN2CCNCC2)cc1OC. The van der Waals surface area contributed by atoms with Gasteiger partial charge >= 0.3 is 0 Å². The number of nitrogens with one attached hydrogen (secondary N) is 2. The van der Waals surface area contributed by atoms with Crippen LogP contribution in [0.5, 0.6) is 11.5 Å². The molecule has 1 saturated heterocycles. The first-order valence-electron chi connectivity index (χ1n) is 7.68. The number of rotatable bonds is 7. The average Bonchev–Trinajstić information content (AvgIpc) is 2.58. The molecule has 1 aliphatic rings. The van der Waals surface area contributed by atoms with Gasteiger partial charge in [0.15, 0.2) is 11.5 Å². The Hall–Kier alpha value is -1.79. The van der Waals surface area contributed by atoms with Crippen LogP contribution >= 0.6 is 0 Å². The molecule has 1 aromatic rings. The topological polar surface area (TPSA) is 62.8 Å². The van der Waals surface area contributed by atoms with Gasteiger partial charge < -0.3 is 25.0 Å². The van der Waals surface area contributed by atoms with Crippen molar-refractivity contribution in [1.82, 2.24) is 15.5 Å². The van der Waals surface area contributed by atoms with Gasteiger partial charge in [-0.2, -0.15) is 0 Å². The van der Waals surface area contributed by atoms with Crippen LogP contribution in [0.3, 0.4) is 0 Å². The summed E-state index contributed by atoms with van der Waals surface area (Å²) in [5.41, 5.74) is 0.583. The summed E-state index contributed by atoms with van der Waals surface area (Å²) in [6.45, 7) is 5.98. The second-order valence-corrected chi connectivity index (χ2v) is 5.27. The summed E-state index contributed by atoms with van der Waals surface area (Å²) in [5.74, 6) is 1.11. The number of amides is 1. The minimum absolute atomic E-state index is 0.0822. The van der Waals surface area contributed by atoms with Crippen LogP contribution in [-0.2, 0) is 0 Å². The Bertz CT molecular complexity index is 488. The van der Waals surface area contributed by atoms with Gasteiger partial charge in [-0.3, -0.25) is 4.79 Å². The standard InChI is InChI=1S/C16H25N3O3/c1-21-14-5-4-13(12-15(14)22-2)16(20)18-6-3-9-19-10-7-17-8-11-19/h4-5,12,17H,3,6-11H2,1-2H3,(H,18,20). The van der Waals surface area contributed by atoms with E-state index in [0.29, 0.717) is 23.6 Å². The molecule has 2 rings (SSSR count). The number of methoxy groups -OCH3 is 2. The summed E-state index contributed by atoms with van der Waals surface area (Å²) in [7, 11) is 3.14. The first-order chi connectivity index (χ1) is 10.7. The third kappa shape index (κ3) is 4.61. The molecule has 0 aliphatic carbocycles. The van der Waals surface area contributed by atoms with Gasteiger partial charge in [-0.05, 0) is 31.2 Å². The maximum atomic E-state index is 12.1. The van der Waals surface area contributed by atoms with E-state index in [1.54, 1.807) is 32.4 Å². The van der Waals surface area contributed by atoms with E-state index < -0.39 is 0 Å². The molecule has 0 aromatic heterocycles. The van der Waals surface area contributed by atoms with Crippen molar-refractivity contribution < 1.29 is 14.3 Å². The summed E-state index contributed by atoms with van der Waals surface area (Å²) in [5, 5.41) is 6.28. The zero-order chi connectivity index (χ0) is 15.8. The van der Waals surface area contributed by atoms with E-state index in [1.807, 2.05) is 0 Å². The van der Waals surface area contributed by atoms with E-state index in [0.717, 1.165) is 39.1 Å². The van der Waals surface area contributed by atoms with Crippen molar-refractivity contribution in [2.45, 2.75) is 6.42 Å². The molecule has 6 heteroatoms. The van der Waals surface area contributed by atoms with Crippen molar-refractivity contribution in [1.29, 1.82) is 0 Å². The lowest BCUT2D eigenvalue weighted by atomic mass is 10.2. The van der Waals surface area contributed by atoms with Crippen molar-refractivity contribution in [3.63, 3.8) is 0 Å². The van der Waals surface area contributed by atoms with E-state index in [4.69, 9.17) is 9.47 Å². The van der Waals surface area contributed by atoms with E-state index >= 15 is 0 Å². The smallest absolute Gasteiger partial charge is 0.251 e. The number of nitrogens with zero attached hydrogens (tertiary/aromatic N) is 1. The Balaban J connectivity index is 1.77. The molecule has 6 nitrogen and oxygen atoms in total. The molecule has 0 saturated carbocycles. The zero-order valence-corrected chi connectivity index (χ0v) is 13.4. The van der Waals surface area contributed by atoms with Gasteiger partial charge in [0.05, 0.1) is 14.2 Å². The fourth-order valence-electron chi connectivity index (χ4n) is 2.52. The monoisotopic (exact) mass is 307 g/mol.